The second-order valence-electron chi connectivity index (χ2n) is 8.77. The van der Waals surface area contributed by atoms with Crippen molar-refractivity contribution in [3.05, 3.63) is 35.9 Å². The van der Waals surface area contributed by atoms with Crippen molar-refractivity contribution in [2.45, 2.75) is 76.9 Å². The van der Waals surface area contributed by atoms with Gasteiger partial charge in [0.25, 0.3) is 0 Å². The molecule has 1 heterocycles. The van der Waals surface area contributed by atoms with Crippen LogP contribution in [0.15, 0.2) is 30.3 Å². The Morgan fingerprint density at radius 2 is 1.92 bits per heavy atom. The summed E-state index contributed by atoms with van der Waals surface area (Å²) in [4.78, 5) is 14.5. The molecule has 25 heavy (non-hydrogen) atoms. The molecule has 2 atom stereocenters. The fourth-order valence-corrected chi connectivity index (χ4v) is 4.54. The minimum Gasteiger partial charge on any atom is -0.375 e. The summed E-state index contributed by atoms with van der Waals surface area (Å²) in [5.41, 5.74) is 1.47. The topological polar surface area (TPSA) is 29.5 Å². The van der Waals surface area contributed by atoms with E-state index in [1.807, 2.05) is 0 Å². The molecule has 1 aromatic carbocycles. The van der Waals surface area contributed by atoms with Crippen LogP contribution < -0.4 is 0 Å². The van der Waals surface area contributed by atoms with E-state index in [2.05, 4.69) is 56.0 Å². The van der Waals surface area contributed by atoms with Crippen LogP contribution in [0.5, 0.6) is 0 Å². The Balaban J connectivity index is 1.73. The van der Waals surface area contributed by atoms with Crippen molar-refractivity contribution in [1.29, 1.82) is 0 Å². The zero-order valence-electron chi connectivity index (χ0n) is 16.3. The normalized spacial score (nSPS) is 25.2. The van der Waals surface area contributed by atoms with Crippen LogP contribution in [0.3, 0.4) is 0 Å². The highest BCUT2D eigenvalue weighted by Crippen LogP contribution is 2.49. The van der Waals surface area contributed by atoms with Gasteiger partial charge in [0, 0.05) is 26.1 Å². The lowest BCUT2D eigenvalue weighted by molar-refractivity contribution is -0.138. The molecule has 0 unspecified atom stereocenters. The predicted octanol–water partition coefficient (Wildman–Crippen LogP) is 4.55. The standard InChI is InChI=1S/C22H33NO2/c1-17(24)23(20-12-15-25-21(2,3)16-20)14-13-22(4,19-10-11-19)18-8-6-5-7-9-18/h5-9,19-20H,10-16H2,1-4H3/t20-,22+/m0/s1. The second kappa shape index (κ2) is 7.11. The van der Waals surface area contributed by atoms with E-state index in [9.17, 15) is 4.79 Å². The molecular weight excluding hydrogens is 310 g/mol. The number of rotatable bonds is 6. The maximum Gasteiger partial charge on any atom is 0.219 e. The fourth-order valence-electron chi connectivity index (χ4n) is 4.54. The van der Waals surface area contributed by atoms with Crippen molar-refractivity contribution < 1.29 is 9.53 Å². The number of hydrogen-bond donors (Lipinski definition) is 0. The number of hydrogen-bond acceptors (Lipinski definition) is 2. The smallest absolute Gasteiger partial charge is 0.219 e. The molecular formula is C22H33NO2. The van der Waals surface area contributed by atoms with Crippen LogP contribution in [0.4, 0.5) is 0 Å². The Hall–Kier alpha value is -1.35. The molecule has 0 radical (unpaired) electrons. The first-order chi connectivity index (χ1) is 11.8. The summed E-state index contributed by atoms with van der Waals surface area (Å²) in [6.07, 6.45) is 5.55. The Morgan fingerprint density at radius 3 is 2.48 bits per heavy atom. The Bertz CT molecular complexity index is 593. The molecule has 3 nitrogen and oxygen atoms in total. The molecule has 3 heteroatoms. The van der Waals surface area contributed by atoms with Crippen molar-refractivity contribution in [2.24, 2.45) is 5.92 Å². The molecule has 0 spiro atoms. The van der Waals surface area contributed by atoms with Gasteiger partial charge in [-0.05, 0) is 62.8 Å². The molecule has 1 aliphatic carbocycles. The van der Waals surface area contributed by atoms with Crippen LogP contribution in [0.1, 0.15) is 65.4 Å². The summed E-state index contributed by atoms with van der Waals surface area (Å²) < 4.78 is 5.85. The minimum absolute atomic E-state index is 0.129. The molecule has 0 aromatic heterocycles. The van der Waals surface area contributed by atoms with Crippen LogP contribution in [0.2, 0.25) is 0 Å². The number of benzene rings is 1. The molecule has 1 saturated heterocycles. The molecule has 138 valence electrons. The summed E-state index contributed by atoms with van der Waals surface area (Å²) in [7, 11) is 0. The van der Waals surface area contributed by atoms with E-state index >= 15 is 0 Å². The Labute approximate surface area is 152 Å². The molecule has 1 saturated carbocycles. The van der Waals surface area contributed by atoms with Crippen molar-refractivity contribution in [3.63, 3.8) is 0 Å². The van der Waals surface area contributed by atoms with E-state index in [1.54, 1.807) is 6.92 Å². The number of nitrogens with zero attached hydrogens (tertiary/aromatic N) is 1. The minimum atomic E-state index is -0.129. The third-order valence-electron chi connectivity index (χ3n) is 6.30. The molecule has 1 aliphatic heterocycles. The average Bonchev–Trinajstić information content (AvgIpc) is 3.40. The van der Waals surface area contributed by atoms with Crippen LogP contribution in [0, 0.1) is 5.92 Å². The predicted molar refractivity (Wildman–Crippen MR) is 102 cm³/mol. The van der Waals surface area contributed by atoms with Gasteiger partial charge in [0.15, 0.2) is 0 Å². The number of ether oxygens (including phenoxy) is 1. The molecule has 1 aromatic rings. The van der Waals surface area contributed by atoms with Crippen LogP contribution in [-0.4, -0.2) is 35.6 Å². The number of amides is 1. The summed E-state index contributed by atoms with van der Waals surface area (Å²) in [5, 5.41) is 0. The van der Waals surface area contributed by atoms with Gasteiger partial charge in [-0.3, -0.25) is 4.79 Å². The highest BCUT2D eigenvalue weighted by molar-refractivity contribution is 5.73. The van der Waals surface area contributed by atoms with Crippen molar-refractivity contribution in [3.8, 4) is 0 Å². The maximum absolute atomic E-state index is 12.4. The third-order valence-corrected chi connectivity index (χ3v) is 6.30. The van der Waals surface area contributed by atoms with E-state index in [1.165, 1.54) is 18.4 Å². The molecule has 0 N–H and O–H groups in total. The third kappa shape index (κ3) is 4.25. The zero-order chi connectivity index (χ0) is 18.1. The fraction of sp³-hybridized carbons (Fsp3) is 0.682. The lowest BCUT2D eigenvalue weighted by Crippen LogP contribution is -2.49. The lowest BCUT2D eigenvalue weighted by Gasteiger charge is -2.42. The SMILES string of the molecule is CC(=O)N(CC[C@](C)(c1ccccc1)C1CC1)[C@H]1CCOC(C)(C)C1. The Morgan fingerprint density at radius 1 is 1.24 bits per heavy atom. The highest BCUT2D eigenvalue weighted by Gasteiger charge is 2.43. The van der Waals surface area contributed by atoms with Gasteiger partial charge in [0.1, 0.15) is 0 Å². The molecule has 2 fully saturated rings. The zero-order valence-corrected chi connectivity index (χ0v) is 16.3. The van der Waals surface area contributed by atoms with Gasteiger partial charge in [0.05, 0.1) is 5.60 Å². The van der Waals surface area contributed by atoms with Crippen LogP contribution >= 0.6 is 0 Å². The molecule has 2 aliphatic rings. The van der Waals surface area contributed by atoms with E-state index in [-0.39, 0.29) is 16.9 Å². The monoisotopic (exact) mass is 343 g/mol. The number of carbonyl (C=O) groups excluding carboxylic acids is 1. The van der Waals surface area contributed by atoms with Crippen molar-refractivity contribution in [1.82, 2.24) is 4.90 Å². The molecule has 1 amide bonds. The van der Waals surface area contributed by atoms with E-state index in [0.29, 0.717) is 6.04 Å². The molecule has 0 bridgehead atoms. The summed E-state index contributed by atoms with van der Waals surface area (Å²) in [6.45, 7) is 9.98. The van der Waals surface area contributed by atoms with E-state index in [4.69, 9.17) is 4.74 Å². The lowest BCUT2D eigenvalue weighted by atomic mass is 9.75. The van der Waals surface area contributed by atoms with Crippen LogP contribution in [0.25, 0.3) is 0 Å². The van der Waals surface area contributed by atoms with Gasteiger partial charge in [-0.2, -0.15) is 0 Å². The molecule has 3 rings (SSSR count). The quantitative estimate of drug-likeness (QED) is 0.758. The first kappa shape index (κ1) is 18.4. The number of carbonyl (C=O) groups is 1. The maximum atomic E-state index is 12.4. The summed E-state index contributed by atoms with van der Waals surface area (Å²) >= 11 is 0. The van der Waals surface area contributed by atoms with Gasteiger partial charge in [-0.15, -0.1) is 0 Å². The van der Waals surface area contributed by atoms with Crippen molar-refractivity contribution >= 4 is 5.91 Å². The van der Waals surface area contributed by atoms with Gasteiger partial charge >= 0.3 is 0 Å². The van der Waals surface area contributed by atoms with Crippen LogP contribution in [-0.2, 0) is 14.9 Å². The largest absolute Gasteiger partial charge is 0.375 e. The highest BCUT2D eigenvalue weighted by atomic mass is 16.5. The van der Waals surface area contributed by atoms with Gasteiger partial charge in [-0.1, -0.05) is 37.3 Å². The average molecular weight is 344 g/mol. The van der Waals surface area contributed by atoms with Gasteiger partial charge in [0.2, 0.25) is 5.91 Å². The van der Waals surface area contributed by atoms with E-state index < -0.39 is 0 Å². The summed E-state index contributed by atoms with van der Waals surface area (Å²) in [6, 6.07) is 11.2. The van der Waals surface area contributed by atoms with Gasteiger partial charge < -0.3 is 9.64 Å². The first-order valence-electron chi connectivity index (χ1n) is 9.78. The van der Waals surface area contributed by atoms with E-state index in [0.717, 1.165) is 38.3 Å². The van der Waals surface area contributed by atoms with Gasteiger partial charge in [-0.25, -0.2) is 0 Å². The summed E-state index contributed by atoms with van der Waals surface area (Å²) in [5.74, 6) is 0.962. The van der Waals surface area contributed by atoms with Crippen molar-refractivity contribution in [2.75, 3.05) is 13.2 Å². The first-order valence-corrected chi connectivity index (χ1v) is 9.78. The Kier molecular flexibility index (Phi) is 5.24. The second-order valence-corrected chi connectivity index (χ2v) is 8.77.